The number of cyclic esters (lactones) is 2. The predicted molar refractivity (Wildman–Crippen MR) is 349 cm³/mol. The van der Waals surface area contributed by atoms with Gasteiger partial charge in [-0.3, -0.25) is 48.2 Å². The third-order valence-electron chi connectivity index (χ3n) is 13.4. The Kier molecular flexibility index (Phi) is 29.1. The summed E-state index contributed by atoms with van der Waals surface area (Å²) in [5, 5.41) is 0. The first-order chi connectivity index (χ1) is 44.1. The number of amides is 2. The monoisotopic (exact) mass is 1250 g/mol. The summed E-state index contributed by atoms with van der Waals surface area (Å²) in [6, 6.07) is 0. The van der Waals surface area contributed by atoms with Crippen LogP contribution in [0.1, 0.15) is 60.8 Å². The Morgan fingerprint density at radius 3 is 1.76 bits per heavy atom. The molecule has 0 radical (unpaired) electrons. The summed E-state index contributed by atoms with van der Waals surface area (Å²) in [6.45, 7) is 10.3. The number of carbonyl (C=O) groups is 10. The van der Waals surface area contributed by atoms with E-state index in [0.717, 1.165) is 20.9 Å². The van der Waals surface area contributed by atoms with Crippen molar-refractivity contribution in [2.75, 3.05) is 33.9 Å². The molecule has 6 aliphatic rings. The van der Waals surface area contributed by atoms with Crippen LogP contribution in [0.15, 0.2) is 287 Å². The number of allylic oxidation sites excluding steroid dienone is 40. The van der Waals surface area contributed by atoms with E-state index in [1.165, 1.54) is 62.8 Å². The van der Waals surface area contributed by atoms with Gasteiger partial charge in [0.15, 0.2) is 23.1 Å². The minimum atomic E-state index is -2.14. The van der Waals surface area contributed by atoms with Gasteiger partial charge in [-0.2, -0.15) is 0 Å². The number of methoxy groups -OCH3 is 2. The summed E-state index contributed by atoms with van der Waals surface area (Å²) < 4.78 is 33.0. The maximum atomic E-state index is 13.6. The molecule has 1 unspecified atom stereocenters. The zero-order chi connectivity index (χ0) is 67.0. The molecule has 18 nitrogen and oxygen atoms in total. The lowest BCUT2D eigenvalue weighted by molar-refractivity contribution is -0.341. The molecule has 0 aliphatic carbocycles. The van der Waals surface area contributed by atoms with E-state index in [9.17, 15) is 47.9 Å². The molecule has 2 amide bonds. The fourth-order valence-corrected chi connectivity index (χ4v) is 8.36. The van der Waals surface area contributed by atoms with Crippen LogP contribution >= 0.6 is 0 Å². The first-order valence-corrected chi connectivity index (χ1v) is 29.2. The average Bonchev–Trinajstić information content (AvgIpc) is 0.862. The summed E-state index contributed by atoms with van der Waals surface area (Å²) in [5.74, 6) is -9.23. The lowest BCUT2D eigenvalue weighted by Gasteiger charge is -2.32. The van der Waals surface area contributed by atoms with E-state index >= 15 is 0 Å². The highest BCUT2D eigenvalue weighted by Crippen LogP contribution is 2.28. The van der Waals surface area contributed by atoms with Crippen LogP contribution in [0.4, 0.5) is 0 Å². The fourth-order valence-electron chi connectivity index (χ4n) is 8.36. The molecule has 6 aliphatic heterocycles. The van der Waals surface area contributed by atoms with Crippen molar-refractivity contribution in [1.29, 1.82) is 0 Å². The Balaban J connectivity index is 0.000000342. The second kappa shape index (κ2) is 37.2. The van der Waals surface area contributed by atoms with Crippen LogP contribution in [0.2, 0.25) is 0 Å². The van der Waals surface area contributed by atoms with Crippen molar-refractivity contribution in [3.05, 3.63) is 287 Å². The Labute approximate surface area is 536 Å². The summed E-state index contributed by atoms with van der Waals surface area (Å²) in [5.41, 5.74) is 3.01. The maximum Gasteiger partial charge on any atom is 0.359 e. The number of nitrogens with zero attached hydrogens (tertiary/aromatic N) is 2. The van der Waals surface area contributed by atoms with Crippen LogP contribution in [-0.4, -0.2) is 108 Å². The molecule has 0 saturated carbocycles. The van der Waals surface area contributed by atoms with E-state index in [-0.39, 0.29) is 72.8 Å². The number of rotatable bonds is 2. The third-order valence-corrected chi connectivity index (χ3v) is 13.4. The maximum absolute atomic E-state index is 13.6. The molecule has 0 aromatic heterocycles. The van der Waals surface area contributed by atoms with Gasteiger partial charge in [-0.05, 0) is 107 Å². The molecule has 92 heavy (non-hydrogen) atoms. The van der Waals surface area contributed by atoms with Crippen LogP contribution < -0.4 is 0 Å². The Morgan fingerprint density at radius 1 is 0.500 bits per heavy atom. The zero-order valence-corrected chi connectivity index (χ0v) is 52.6. The number of hydrogen-bond donors (Lipinski definition) is 0. The van der Waals surface area contributed by atoms with E-state index in [4.69, 9.17) is 28.4 Å². The van der Waals surface area contributed by atoms with Crippen molar-refractivity contribution in [3.63, 3.8) is 0 Å². The quantitative estimate of drug-likeness (QED) is 0.142. The molecular formula is C74H74N2O16. The first kappa shape index (κ1) is 71.9. The highest BCUT2D eigenvalue weighted by Gasteiger charge is 2.42. The van der Waals surface area contributed by atoms with Gasteiger partial charge in [0.05, 0.1) is 6.61 Å². The lowest BCUT2D eigenvalue weighted by Crippen LogP contribution is -2.46. The Bertz CT molecular complexity index is 3710. The van der Waals surface area contributed by atoms with E-state index in [1.54, 1.807) is 167 Å². The topological polar surface area (TPSA) is 233 Å². The van der Waals surface area contributed by atoms with Crippen molar-refractivity contribution >= 4 is 58.5 Å². The van der Waals surface area contributed by atoms with Crippen LogP contribution in [0.5, 0.6) is 0 Å². The summed E-state index contributed by atoms with van der Waals surface area (Å²) in [6.07, 6.45) is 60.8. The molecule has 0 aromatic carbocycles. The Morgan fingerprint density at radius 2 is 1.09 bits per heavy atom. The van der Waals surface area contributed by atoms with Crippen molar-refractivity contribution in [1.82, 2.24) is 9.80 Å². The van der Waals surface area contributed by atoms with Gasteiger partial charge in [-0.1, -0.05) is 188 Å². The van der Waals surface area contributed by atoms with Crippen LogP contribution in [0.25, 0.3) is 0 Å². The second-order valence-electron chi connectivity index (χ2n) is 20.7. The first-order valence-electron chi connectivity index (χ1n) is 29.2. The number of esters is 2. The molecule has 4 bridgehead atoms. The molecule has 0 aromatic rings. The van der Waals surface area contributed by atoms with Gasteiger partial charge in [-0.25, -0.2) is 9.59 Å². The second-order valence-corrected chi connectivity index (χ2v) is 20.7. The van der Waals surface area contributed by atoms with Gasteiger partial charge in [0.25, 0.3) is 11.6 Å². The van der Waals surface area contributed by atoms with Crippen molar-refractivity contribution in [3.8, 4) is 0 Å². The average molecular weight is 1250 g/mol. The van der Waals surface area contributed by atoms with Gasteiger partial charge in [0, 0.05) is 46.1 Å². The third kappa shape index (κ3) is 23.3. The van der Waals surface area contributed by atoms with Gasteiger partial charge >= 0.3 is 29.7 Å². The van der Waals surface area contributed by atoms with E-state index < -0.39 is 59.4 Å². The van der Waals surface area contributed by atoms with Gasteiger partial charge in [-0.15, -0.1) is 0 Å². The number of fused-ring (bicyclic) bond motifs is 6. The predicted octanol–water partition coefficient (Wildman–Crippen LogP) is 11.3. The largest absolute Gasteiger partial charge is 0.461 e. The summed E-state index contributed by atoms with van der Waals surface area (Å²) in [7, 11) is 2.42. The number of carbonyl (C=O) groups excluding carboxylic acids is 10. The SMILES string of the molecule is COC1(OC)CC(=O)C(C)/C=C(C)\C=C/C(=O)\C(C)=C/C(C)=C\C=C/C=C\C(C)=C/C=C2\C=CC(C)=C(O2)C(=O)C(=O)N2CC=CC=C2C(=O)O1.O=C1/C=C\C=CCC(=O)CCOC(=O)C2=CC=CCN2C(=O)C(=O)C2=CC=CC(=C\C=C/C=C\C=C/C=C\C=C/1)O2. The van der Waals surface area contributed by atoms with Gasteiger partial charge < -0.3 is 28.4 Å². The summed E-state index contributed by atoms with van der Waals surface area (Å²) >= 11 is 0. The molecule has 18 heteroatoms. The van der Waals surface area contributed by atoms with Crippen molar-refractivity contribution in [2.24, 2.45) is 5.92 Å². The molecule has 6 rings (SSSR count). The summed E-state index contributed by atoms with van der Waals surface area (Å²) in [4.78, 5) is 131. The highest BCUT2D eigenvalue weighted by molar-refractivity contribution is 6.43. The Hall–Kier alpha value is -10.8. The molecule has 0 spiro atoms. The minimum Gasteiger partial charge on any atom is -0.461 e. The van der Waals surface area contributed by atoms with Crippen molar-refractivity contribution < 1.29 is 76.4 Å². The van der Waals surface area contributed by atoms with Crippen LogP contribution in [-0.2, 0) is 76.4 Å². The molecule has 6 heterocycles. The fraction of sp³-hybridized carbons (Fsp3) is 0.216. The molecule has 0 fully saturated rings. The number of Topliss-reactive ketones (excluding diaryl/α,β-unsaturated/α-hetero) is 4. The molecule has 1 atom stereocenters. The smallest absolute Gasteiger partial charge is 0.359 e. The van der Waals surface area contributed by atoms with E-state index in [0.29, 0.717) is 28.2 Å². The van der Waals surface area contributed by atoms with Gasteiger partial charge in [0.2, 0.25) is 0 Å². The molecule has 0 saturated heterocycles. The van der Waals surface area contributed by atoms with Crippen LogP contribution in [0, 0.1) is 5.92 Å². The zero-order valence-electron chi connectivity index (χ0n) is 52.6. The highest BCUT2D eigenvalue weighted by atomic mass is 16.9. The van der Waals surface area contributed by atoms with Gasteiger partial charge in [0.1, 0.15) is 40.9 Å². The molecule has 476 valence electrons. The number of ketones is 6. The number of hydrogen-bond acceptors (Lipinski definition) is 16. The molecule has 0 N–H and O–H groups in total. The van der Waals surface area contributed by atoms with E-state index in [2.05, 4.69) is 0 Å². The standard InChI is InChI=1S/C41H45NO9.C33H29NO7/c1-27-14-10-9-11-15-28(2)24-31(5)35(43)22-18-29(3)25-32(6)36(44)26-41(48-7,49-8)51-40(47)34-16-12-13-23-42(34)39(46)37(45)38-30(4)19-21-33(50-38)20-17-27;35-26-16-9-6-4-2-1-3-5-7-12-19-28-20-15-22-30(41-28)31(37)32(38)34-24-14-13-21-29(34)33(39)40-25-23-27(36)18-11-8-10-17-26/h9-22,24-25,32H,23,26H2,1-8H3;1-17,19-22H,18,23-25H2/b11-9-,14-10-,22-18-,27-17-,28-15-,29-25-,31-24-,33-20+;2-1-,5-3-,6-4-,11-8?,12-7-,16-9-,17-10-,28-19?. The van der Waals surface area contributed by atoms with Crippen molar-refractivity contribution in [2.45, 2.75) is 66.8 Å². The minimum absolute atomic E-state index is 0.00777. The lowest BCUT2D eigenvalue weighted by atomic mass is 9.99. The molecular weight excluding hydrogens is 1170 g/mol. The normalized spacial score (nSPS) is 26.6. The van der Waals surface area contributed by atoms with Crippen LogP contribution in [0.3, 0.4) is 0 Å². The van der Waals surface area contributed by atoms with E-state index in [1.807, 2.05) is 50.3 Å². The number of ether oxygens (including phenoxy) is 6.